The Hall–Kier alpha value is -2.99. The molecule has 0 saturated carbocycles. The fourth-order valence-corrected chi connectivity index (χ4v) is 4.73. The number of aryl methyl sites for hydroxylation is 1. The van der Waals surface area contributed by atoms with E-state index in [4.69, 9.17) is 13.9 Å². The van der Waals surface area contributed by atoms with Gasteiger partial charge in [-0.15, -0.1) is 0 Å². The Morgan fingerprint density at radius 2 is 1.90 bits per heavy atom. The molecule has 2 N–H and O–H groups in total. The lowest BCUT2D eigenvalue weighted by Crippen LogP contribution is -3.08. The number of phenols is 1. The van der Waals surface area contributed by atoms with Crippen molar-refractivity contribution >= 4 is 11.0 Å². The maximum Gasteiger partial charge on any atom is 0.336 e. The second kappa shape index (κ2) is 7.69. The molecule has 156 valence electrons. The quantitative estimate of drug-likeness (QED) is 0.652. The van der Waals surface area contributed by atoms with Crippen molar-refractivity contribution in [3.05, 3.63) is 63.5 Å². The first-order chi connectivity index (χ1) is 14.6. The van der Waals surface area contributed by atoms with Crippen molar-refractivity contribution in [3.63, 3.8) is 0 Å². The van der Waals surface area contributed by atoms with Crippen LogP contribution in [-0.2, 0) is 6.54 Å². The molecule has 2 atom stereocenters. The summed E-state index contributed by atoms with van der Waals surface area (Å²) in [6.07, 6.45) is 3.12. The first-order valence-electron chi connectivity index (χ1n) is 10.6. The van der Waals surface area contributed by atoms with Gasteiger partial charge in [-0.2, -0.15) is 0 Å². The molecule has 1 aromatic heterocycles. The standard InChI is InChI=1S/C24H25NO5/c1-15-20(26)7-6-18-17(13-23(27)30-24(15)18)14-25-9-2-4-19(25)16-5-8-21-22(12-16)29-11-3-10-28-21/h5-8,12-13,19,26H,2-4,9-11,14H2,1H3/p+1/t19-/m0/s1. The van der Waals surface area contributed by atoms with Gasteiger partial charge in [-0.3, -0.25) is 0 Å². The summed E-state index contributed by atoms with van der Waals surface area (Å²) in [6.45, 7) is 4.90. The van der Waals surface area contributed by atoms with Crippen molar-refractivity contribution in [2.24, 2.45) is 0 Å². The van der Waals surface area contributed by atoms with Gasteiger partial charge in [-0.25, -0.2) is 4.79 Å². The SMILES string of the molecule is Cc1c(O)ccc2c(C[NH+]3CCC[C@H]3c3ccc4c(c3)OCCCO4)cc(=O)oc12. The number of hydrogen-bond donors (Lipinski definition) is 2. The zero-order valence-corrected chi connectivity index (χ0v) is 17.1. The van der Waals surface area contributed by atoms with E-state index in [2.05, 4.69) is 12.1 Å². The van der Waals surface area contributed by atoms with E-state index < -0.39 is 0 Å². The molecule has 30 heavy (non-hydrogen) atoms. The van der Waals surface area contributed by atoms with E-state index >= 15 is 0 Å². The summed E-state index contributed by atoms with van der Waals surface area (Å²) in [6, 6.07) is 11.7. The number of phenolic OH excluding ortho intramolecular Hbond substituents is 1. The highest BCUT2D eigenvalue weighted by molar-refractivity contribution is 5.84. The topological polar surface area (TPSA) is 73.3 Å². The molecule has 1 unspecified atom stereocenters. The van der Waals surface area contributed by atoms with Gasteiger partial charge < -0.3 is 23.9 Å². The maximum atomic E-state index is 12.2. The third-order valence-corrected chi connectivity index (χ3v) is 6.29. The number of quaternary nitrogens is 1. The summed E-state index contributed by atoms with van der Waals surface area (Å²) in [5.41, 5.74) is 2.90. The van der Waals surface area contributed by atoms with Gasteiger partial charge in [0, 0.05) is 47.4 Å². The van der Waals surface area contributed by atoms with E-state index in [9.17, 15) is 9.90 Å². The van der Waals surface area contributed by atoms with Crippen molar-refractivity contribution in [2.45, 2.75) is 38.8 Å². The molecule has 3 heterocycles. The second-order valence-electron chi connectivity index (χ2n) is 8.21. The summed E-state index contributed by atoms with van der Waals surface area (Å²) >= 11 is 0. The highest BCUT2D eigenvalue weighted by atomic mass is 16.5. The zero-order chi connectivity index (χ0) is 20.7. The second-order valence-corrected chi connectivity index (χ2v) is 8.21. The molecular formula is C24H26NO5+. The summed E-state index contributed by atoms with van der Waals surface area (Å²) in [5, 5.41) is 10.9. The lowest BCUT2D eigenvalue weighted by Gasteiger charge is -2.23. The van der Waals surface area contributed by atoms with Crippen LogP contribution in [0.3, 0.4) is 0 Å². The van der Waals surface area contributed by atoms with Gasteiger partial charge in [-0.05, 0) is 37.3 Å². The van der Waals surface area contributed by atoms with Crippen LogP contribution in [0.4, 0.5) is 0 Å². The first-order valence-corrected chi connectivity index (χ1v) is 10.6. The number of hydrogen-bond acceptors (Lipinski definition) is 5. The monoisotopic (exact) mass is 408 g/mol. The van der Waals surface area contributed by atoms with Crippen molar-refractivity contribution < 1.29 is 23.9 Å². The summed E-state index contributed by atoms with van der Waals surface area (Å²) in [4.78, 5) is 13.6. The minimum atomic E-state index is -0.378. The number of rotatable bonds is 3. The minimum Gasteiger partial charge on any atom is -0.508 e. The van der Waals surface area contributed by atoms with E-state index in [1.807, 2.05) is 12.1 Å². The molecule has 0 aliphatic carbocycles. The van der Waals surface area contributed by atoms with Gasteiger partial charge in [-0.1, -0.05) is 0 Å². The van der Waals surface area contributed by atoms with E-state index in [1.165, 1.54) is 10.5 Å². The number of aromatic hydroxyl groups is 1. The maximum absolute atomic E-state index is 12.2. The molecule has 6 heteroatoms. The molecule has 1 fully saturated rings. The van der Waals surface area contributed by atoms with Gasteiger partial charge >= 0.3 is 5.63 Å². The Balaban J connectivity index is 1.48. The van der Waals surface area contributed by atoms with Crippen LogP contribution in [-0.4, -0.2) is 24.9 Å². The Morgan fingerprint density at radius 1 is 1.07 bits per heavy atom. The molecule has 0 spiro atoms. The third-order valence-electron chi connectivity index (χ3n) is 6.29. The van der Waals surface area contributed by atoms with E-state index in [1.54, 1.807) is 19.1 Å². The molecule has 0 radical (unpaired) electrons. The van der Waals surface area contributed by atoms with Gasteiger partial charge in [0.2, 0.25) is 0 Å². The summed E-state index contributed by atoms with van der Waals surface area (Å²) in [7, 11) is 0. The number of likely N-dealkylation sites (tertiary alicyclic amines) is 1. The third kappa shape index (κ3) is 3.41. The van der Waals surface area contributed by atoms with E-state index in [0.717, 1.165) is 54.8 Å². The largest absolute Gasteiger partial charge is 0.508 e. The Bertz CT molecular complexity index is 1150. The fraction of sp³-hybridized carbons (Fsp3) is 0.375. The van der Waals surface area contributed by atoms with Crippen molar-refractivity contribution in [3.8, 4) is 17.2 Å². The molecule has 2 aliphatic rings. The van der Waals surface area contributed by atoms with Crippen LogP contribution in [0, 0.1) is 6.92 Å². The molecule has 2 aromatic carbocycles. The smallest absolute Gasteiger partial charge is 0.336 e. The number of nitrogens with one attached hydrogen (secondary N) is 1. The van der Waals surface area contributed by atoms with Crippen molar-refractivity contribution in [1.82, 2.24) is 0 Å². The lowest BCUT2D eigenvalue weighted by atomic mass is 10.0. The van der Waals surface area contributed by atoms with Gasteiger partial charge in [0.15, 0.2) is 11.5 Å². The average Bonchev–Trinajstić information content (AvgIpc) is 3.06. The normalized spacial score (nSPS) is 21.0. The van der Waals surface area contributed by atoms with Crippen LogP contribution in [0.15, 0.2) is 45.6 Å². The van der Waals surface area contributed by atoms with Crippen molar-refractivity contribution in [2.75, 3.05) is 19.8 Å². The number of ether oxygens (including phenoxy) is 2. The highest BCUT2D eigenvalue weighted by Gasteiger charge is 2.31. The van der Waals surface area contributed by atoms with Gasteiger partial charge in [0.25, 0.3) is 0 Å². The fourth-order valence-electron chi connectivity index (χ4n) is 4.73. The molecule has 1 saturated heterocycles. The Labute approximate surface area is 174 Å². The van der Waals surface area contributed by atoms with Gasteiger partial charge in [0.1, 0.15) is 23.9 Å². The first kappa shape index (κ1) is 19.0. The Morgan fingerprint density at radius 3 is 2.77 bits per heavy atom. The van der Waals surface area contributed by atoms with E-state index in [-0.39, 0.29) is 11.4 Å². The molecular weight excluding hydrogens is 382 g/mol. The highest BCUT2D eigenvalue weighted by Crippen LogP contribution is 2.34. The van der Waals surface area contributed by atoms with E-state index in [0.29, 0.717) is 30.4 Å². The van der Waals surface area contributed by atoms with Crippen LogP contribution in [0.1, 0.15) is 42.0 Å². The predicted octanol–water partition coefficient (Wildman–Crippen LogP) is 2.89. The Kier molecular flexibility index (Phi) is 4.87. The number of benzene rings is 2. The molecule has 0 amide bonds. The molecule has 3 aromatic rings. The van der Waals surface area contributed by atoms with Crippen LogP contribution < -0.4 is 20.0 Å². The molecule has 2 aliphatic heterocycles. The van der Waals surface area contributed by atoms with Crippen molar-refractivity contribution in [1.29, 1.82) is 0 Å². The van der Waals surface area contributed by atoms with Crippen LogP contribution >= 0.6 is 0 Å². The lowest BCUT2D eigenvalue weighted by molar-refractivity contribution is -0.931. The average molecular weight is 408 g/mol. The van der Waals surface area contributed by atoms with Gasteiger partial charge in [0.05, 0.1) is 19.8 Å². The predicted molar refractivity (Wildman–Crippen MR) is 112 cm³/mol. The number of fused-ring (bicyclic) bond motifs is 2. The zero-order valence-electron chi connectivity index (χ0n) is 17.1. The van der Waals surface area contributed by atoms with Crippen LogP contribution in [0.5, 0.6) is 17.2 Å². The van der Waals surface area contributed by atoms with Crippen LogP contribution in [0.2, 0.25) is 0 Å². The van der Waals surface area contributed by atoms with Crippen LogP contribution in [0.25, 0.3) is 11.0 Å². The summed E-state index contributed by atoms with van der Waals surface area (Å²) < 4.78 is 17.1. The summed E-state index contributed by atoms with van der Waals surface area (Å²) in [5.74, 6) is 1.78. The minimum absolute atomic E-state index is 0.140. The molecule has 5 rings (SSSR count). The molecule has 0 bridgehead atoms. The molecule has 6 nitrogen and oxygen atoms in total.